The van der Waals surface area contributed by atoms with Crippen LogP contribution in [0.5, 0.6) is 5.75 Å². The van der Waals surface area contributed by atoms with Crippen molar-refractivity contribution in [1.29, 1.82) is 0 Å². The second-order valence-electron chi connectivity index (χ2n) is 7.32. The first-order chi connectivity index (χ1) is 11.9. The molecule has 136 valence electrons. The van der Waals surface area contributed by atoms with E-state index in [4.69, 9.17) is 18.9 Å². The fourth-order valence-electron chi connectivity index (χ4n) is 4.19. The van der Waals surface area contributed by atoms with Crippen LogP contribution in [0.1, 0.15) is 28.8 Å². The van der Waals surface area contributed by atoms with E-state index < -0.39 is 5.79 Å². The Bertz CT molecular complexity index is 703. The number of hydrogen-bond acceptors (Lipinski definition) is 5. The van der Waals surface area contributed by atoms with Crippen molar-refractivity contribution in [3.63, 3.8) is 0 Å². The third-order valence-corrected chi connectivity index (χ3v) is 6.42. The van der Waals surface area contributed by atoms with Crippen LogP contribution in [0.2, 0.25) is 0 Å². The molecule has 1 spiro atoms. The maximum absolute atomic E-state index is 11.9. The van der Waals surface area contributed by atoms with Crippen molar-refractivity contribution in [2.45, 2.75) is 31.2 Å². The summed E-state index contributed by atoms with van der Waals surface area (Å²) in [5, 5.41) is 0. The molecule has 2 atom stereocenters. The highest BCUT2D eigenvalue weighted by Crippen LogP contribution is 2.42. The molecule has 0 aromatic heterocycles. The van der Waals surface area contributed by atoms with Gasteiger partial charge in [-0.2, -0.15) is 0 Å². The van der Waals surface area contributed by atoms with Gasteiger partial charge in [0.25, 0.3) is 0 Å². The highest BCUT2D eigenvalue weighted by Gasteiger charge is 2.52. The molecule has 4 rings (SSSR count). The molecule has 3 heterocycles. The highest BCUT2D eigenvalue weighted by atomic mass is 79.9. The normalized spacial score (nSPS) is 30.1. The quantitative estimate of drug-likeness (QED) is 0.523. The number of benzene rings is 1. The summed E-state index contributed by atoms with van der Waals surface area (Å²) >= 11 is 3.49. The van der Waals surface area contributed by atoms with Gasteiger partial charge in [-0.05, 0) is 28.1 Å². The minimum atomic E-state index is -0.430. The average molecular weight is 413 g/mol. The number of quaternary nitrogens is 1. The number of piperidine rings is 1. The van der Waals surface area contributed by atoms with Crippen molar-refractivity contribution in [3.05, 3.63) is 27.7 Å². The number of likely N-dealkylation sites (N-methyl/N-ethyl adjacent to an activating group) is 1. The Balaban J connectivity index is 1.64. The standard InChI is InChI=1S/C18H23BrNO5/c1-20-4-3-18(24-5-6-25-18)9-13(20)11-23-16-8-14(17(21)22-2)15(19)7-12(16)10-20/h7-8,13H,3-6,9-11H2,1-2H3/q+1/t13-,20?/m0/s1. The van der Waals surface area contributed by atoms with Crippen LogP contribution in [-0.2, 0) is 20.8 Å². The van der Waals surface area contributed by atoms with Gasteiger partial charge in [0.2, 0.25) is 0 Å². The molecule has 0 N–H and O–H groups in total. The molecule has 0 bridgehead atoms. The van der Waals surface area contributed by atoms with E-state index in [2.05, 4.69) is 23.0 Å². The van der Waals surface area contributed by atoms with Gasteiger partial charge in [0.15, 0.2) is 5.79 Å². The molecule has 1 aromatic carbocycles. The predicted octanol–water partition coefficient (Wildman–Crippen LogP) is 2.48. The predicted molar refractivity (Wildman–Crippen MR) is 93.4 cm³/mol. The summed E-state index contributed by atoms with van der Waals surface area (Å²) in [5.41, 5.74) is 1.59. The first-order valence-electron chi connectivity index (χ1n) is 8.60. The maximum atomic E-state index is 11.9. The maximum Gasteiger partial charge on any atom is 0.339 e. The molecule has 1 aromatic rings. The number of nitrogens with zero attached hydrogens (tertiary/aromatic N) is 1. The molecule has 0 saturated carbocycles. The van der Waals surface area contributed by atoms with Gasteiger partial charge in [0, 0.05) is 10.0 Å². The molecule has 1 unspecified atom stereocenters. The van der Waals surface area contributed by atoms with E-state index in [1.165, 1.54) is 7.11 Å². The van der Waals surface area contributed by atoms with Crippen LogP contribution in [0.3, 0.4) is 0 Å². The number of halogens is 1. The van der Waals surface area contributed by atoms with Crippen LogP contribution < -0.4 is 4.74 Å². The van der Waals surface area contributed by atoms with Crippen LogP contribution in [0, 0.1) is 0 Å². The minimum absolute atomic E-state index is 0.291. The van der Waals surface area contributed by atoms with Crippen LogP contribution in [-0.4, -0.2) is 62.8 Å². The third-order valence-electron chi connectivity index (χ3n) is 5.76. The van der Waals surface area contributed by atoms with E-state index >= 15 is 0 Å². The molecule has 0 amide bonds. The van der Waals surface area contributed by atoms with Gasteiger partial charge in [-0.25, -0.2) is 4.79 Å². The first kappa shape index (κ1) is 17.3. The number of methoxy groups -OCH3 is 1. The number of ether oxygens (including phenoxy) is 4. The van der Waals surface area contributed by atoms with Crippen LogP contribution in [0.4, 0.5) is 0 Å². The van der Waals surface area contributed by atoms with Crippen LogP contribution >= 0.6 is 15.9 Å². The van der Waals surface area contributed by atoms with E-state index in [1.807, 2.05) is 6.07 Å². The number of carbonyl (C=O) groups is 1. The first-order valence-corrected chi connectivity index (χ1v) is 9.40. The summed E-state index contributed by atoms with van der Waals surface area (Å²) in [4.78, 5) is 11.9. The molecule has 2 saturated heterocycles. The van der Waals surface area contributed by atoms with Gasteiger partial charge < -0.3 is 23.4 Å². The lowest BCUT2D eigenvalue weighted by molar-refractivity contribution is -0.953. The smallest absolute Gasteiger partial charge is 0.339 e. The zero-order valence-corrected chi connectivity index (χ0v) is 16.1. The molecule has 2 fully saturated rings. The summed E-state index contributed by atoms with van der Waals surface area (Å²) in [5.74, 6) is -0.0351. The van der Waals surface area contributed by atoms with Crippen molar-refractivity contribution in [2.24, 2.45) is 0 Å². The zero-order chi connectivity index (χ0) is 17.7. The minimum Gasteiger partial charge on any atom is -0.487 e. The molecule has 25 heavy (non-hydrogen) atoms. The fourth-order valence-corrected chi connectivity index (χ4v) is 4.74. The molecule has 0 aliphatic carbocycles. The number of fused-ring (bicyclic) bond motifs is 2. The molecule has 0 radical (unpaired) electrons. The monoisotopic (exact) mass is 412 g/mol. The van der Waals surface area contributed by atoms with Gasteiger partial charge in [-0.3, -0.25) is 0 Å². The molecular formula is C18H23BrNO5+. The molecule has 3 aliphatic heterocycles. The van der Waals surface area contributed by atoms with Crippen molar-refractivity contribution in [1.82, 2.24) is 0 Å². The molecular weight excluding hydrogens is 390 g/mol. The number of carbonyl (C=O) groups excluding carboxylic acids is 1. The summed E-state index contributed by atoms with van der Waals surface area (Å²) in [6.07, 6.45) is 1.74. The van der Waals surface area contributed by atoms with E-state index in [0.717, 1.165) is 46.2 Å². The van der Waals surface area contributed by atoms with Gasteiger partial charge in [0.1, 0.15) is 24.9 Å². The van der Waals surface area contributed by atoms with Gasteiger partial charge in [-0.1, -0.05) is 0 Å². The van der Waals surface area contributed by atoms with E-state index in [0.29, 0.717) is 31.4 Å². The average Bonchev–Trinajstić information content (AvgIpc) is 2.99. The Morgan fingerprint density at radius 3 is 2.84 bits per heavy atom. The molecule has 7 heteroatoms. The molecule has 3 aliphatic rings. The Morgan fingerprint density at radius 1 is 1.36 bits per heavy atom. The van der Waals surface area contributed by atoms with Crippen LogP contribution in [0.15, 0.2) is 16.6 Å². The van der Waals surface area contributed by atoms with Crippen molar-refractivity contribution in [2.75, 3.05) is 40.5 Å². The number of hydrogen-bond donors (Lipinski definition) is 0. The van der Waals surface area contributed by atoms with Crippen molar-refractivity contribution in [3.8, 4) is 5.75 Å². The second kappa shape index (κ2) is 6.23. The second-order valence-corrected chi connectivity index (χ2v) is 8.17. The number of rotatable bonds is 1. The lowest BCUT2D eigenvalue weighted by atomic mass is 9.93. The Kier molecular flexibility index (Phi) is 4.30. The summed E-state index contributed by atoms with van der Waals surface area (Å²) in [6, 6.07) is 4.06. The van der Waals surface area contributed by atoms with Gasteiger partial charge in [0.05, 0.1) is 52.3 Å². The van der Waals surface area contributed by atoms with Gasteiger partial charge in [-0.15, -0.1) is 0 Å². The van der Waals surface area contributed by atoms with Gasteiger partial charge >= 0.3 is 5.97 Å². The lowest BCUT2D eigenvalue weighted by Crippen LogP contribution is -2.61. The highest BCUT2D eigenvalue weighted by molar-refractivity contribution is 9.10. The SMILES string of the molecule is COC(=O)c1cc2c(cc1Br)C[N+]1(C)CCC3(C[C@H]1CO2)OCCO3. The Labute approximate surface area is 155 Å². The largest absolute Gasteiger partial charge is 0.487 e. The summed E-state index contributed by atoms with van der Waals surface area (Å²) in [7, 11) is 3.65. The number of esters is 1. The van der Waals surface area contributed by atoms with Crippen LogP contribution in [0.25, 0.3) is 0 Å². The Hall–Kier alpha value is -1.15. The zero-order valence-electron chi connectivity index (χ0n) is 14.5. The lowest BCUT2D eigenvalue weighted by Gasteiger charge is -2.48. The fraction of sp³-hybridized carbons (Fsp3) is 0.611. The summed E-state index contributed by atoms with van der Waals surface area (Å²) in [6.45, 7) is 3.76. The topological polar surface area (TPSA) is 54.0 Å². The van der Waals surface area contributed by atoms with Crippen molar-refractivity contribution >= 4 is 21.9 Å². The molecule has 6 nitrogen and oxygen atoms in total. The van der Waals surface area contributed by atoms with E-state index in [9.17, 15) is 4.79 Å². The summed E-state index contributed by atoms with van der Waals surface area (Å²) < 4.78 is 24.5. The van der Waals surface area contributed by atoms with Crippen molar-refractivity contribution < 1.29 is 28.2 Å². The van der Waals surface area contributed by atoms with E-state index in [-0.39, 0.29) is 5.97 Å². The third kappa shape index (κ3) is 2.97. The van der Waals surface area contributed by atoms with E-state index in [1.54, 1.807) is 6.07 Å². The Morgan fingerprint density at radius 2 is 2.12 bits per heavy atom.